The number of phenols is 1. The van der Waals surface area contributed by atoms with Crippen LogP contribution in [0.5, 0.6) is 11.5 Å². The number of carbonyl (C=O) groups is 1. The number of halogens is 2. The second kappa shape index (κ2) is 8.73. The largest absolute Gasteiger partial charge is 0.504 e. The summed E-state index contributed by atoms with van der Waals surface area (Å²) in [5, 5.41) is 17.3. The van der Waals surface area contributed by atoms with Crippen LogP contribution in [0.25, 0.3) is 0 Å². The zero-order chi connectivity index (χ0) is 18.4. The molecule has 2 aromatic carbocycles. The van der Waals surface area contributed by atoms with Crippen LogP contribution in [0.2, 0.25) is 5.02 Å². The van der Waals surface area contributed by atoms with Gasteiger partial charge in [-0.25, -0.2) is 5.43 Å². The van der Waals surface area contributed by atoms with Gasteiger partial charge in [0.05, 0.1) is 13.3 Å². The van der Waals surface area contributed by atoms with Crippen LogP contribution in [-0.4, -0.2) is 30.4 Å². The minimum atomic E-state index is -0.499. The molecule has 0 saturated carbocycles. The summed E-state index contributed by atoms with van der Waals surface area (Å²) in [5.41, 5.74) is 3.55. The van der Waals surface area contributed by atoms with E-state index in [2.05, 4.69) is 31.8 Å². The van der Waals surface area contributed by atoms with Crippen LogP contribution < -0.4 is 15.5 Å². The fraction of sp³-hybridized carbons (Fsp3) is 0.176. The van der Waals surface area contributed by atoms with Crippen molar-refractivity contribution in [2.24, 2.45) is 5.10 Å². The molecule has 3 N–H and O–H groups in total. The van der Waals surface area contributed by atoms with Crippen molar-refractivity contribution in [1.82, 2.24) is 5.43 Å². The third kappa shape index (κ3) is 5.37. The van der Waals surface area contributed by atoms with E-state index in [0.29, 0.717) is 10.6 Å². The molecule has 0 aliphatic carbocycles. The highest BCUT2D eigenvalue weighted by Gasteiger charge is 2.12. The number of hydrazone groups is 1. The maximum atomic E-state index is 12.1. The Labute approximate surface area is 159 Å². The van der Waals surface area contributed by atoms with Gasteiger partial charge in [-0.15, -0.1) is 0 Å². The number of aromatic hydroxyl groups is 1. The van der Waals surface area contributed by atoms with Crippen molar-refractivity contribution in [2.45, 2.75) is 13.0 Å². The van der Waals surface area contributed by atoms with E-state index in [1.807, 2.05) is 24.3 Å². The number of carbonyl (C=O) groups excluding carboxylic acids is 1. The Morgan fingerprint density at radius 3 is 2.68 bits per heavy atom. The summed E-state index contributed by atoms with van der Waals surface area (Å²) in [5.74, 6) is -0.205. The van der Waals surface area contributed by atoms with Crippen molar-refractivity contribution < 1.29 is 14.6 Å². The van der Waals surface area contributed by atoms with E-state index in [1.165, 1.54) is 25.5 Å². The molecule has 0 fully saturated rings. The maximum Gasteiger partial charge on any atom is 0.262 e. The highest BCUT2D eigenvalue weighted by atomic mass is 79.9. The van der Waals surface area contributed by atoms with Gasteiger partial charge in [-0.2, -0.15) is 5.10 Å². The molecule has 6 nitrogen and oxygen atoms in total. The quantitative estimate of drug-likeness (QED) is 0.485. The zero-order valence-electron chi connectivity index (χ0n) is 13.6. The summed E-state index contributed by atoms with van der Waals surface area (Å²) in [6.07, 6.45) is 1.30. The van der Waals surface area contributed by atoms with Crippen LogP contribution in [0.1, 0.15) is 12.5 Å². The summed E-state index contributed by atoms with van der Waals surface area (Å²) in [4.78, 5) is 12.1. The molecule has 132 valence electrons. The Morgan fingerprint density at radius 1 is 1.36 bits per heavy atom. The van der Waals surface area contributed by atoms with Crippen LogP contribution >= 0.6 is 27.5 Å². The van der Waals surface area contributed by atoms with E-state index >= 15 is 0 Å². The molecular weight excluding hydrogens is 410 g/mol. The van der Waals surface area contributed by atoms with Crippen molar-refractivity contribution >= 4 is 45.3 Å². The number of nitrogens with one attached hydrogen (secondary N) is 2. The molecule has 0 heterocycles. The molecular formula is C17H17BrClN3O3. The first-order valence-electron chi connectivity index (χ1n) is 7.32. The number of rotatable bonds is 6. The Balaban J connectivity index is 1.98. The lowest BCUT2D eigenvalue weighted by atomic mass is 10.2. The highest BCUT2D eigenvalue weighted by Crippen LogP contribution is 2.32. The second-order valence-electron chi connectivity index (χ2n) is 5.15. The van der Waals surface area contributed by atoms with Gasteiger partial charge in [-0.3, -0.25) is 4.79 Å². The van der Waals surface area contributed by atoms with Gasteiger partial charge in [0, 0.05) is 26.8 Å². The van der Waals surface area contributed by atoms with E-state index in [4.69, 9.17) is 16.3 Å². The smallest absolute Gasteiger partial charge is 0.262 e. The monoisotopic (exact) mass is 425 g/mol. The zero-order valence-corrected chi connectivity index (χ0v) is 15.9. The predicted octanol–water partition coefficient (Wildman–Crippen LogP) is 3.77. The van der Waals surface area contributed by atoms with Crippen LogP contribution in [0.4, 0.5) is 5.69 Å². The molecule has 1 atom stereocenters. The first-order valence-corrected chi connectivity index (χ1v) is 8.49. The first kappa shape index (κ1) is 19.1. The fourth-order valence-corrected chi connectivity index (χ4v) is 2.45. The van der Waals surface area contributed by atoms with E-state index in [9.17, 15) is 9.90 Å². The van der Waals surface area contributed by atoms with E-state index in [1.54, 1.807) is 6.92 Å². The number of nitrogens with zero attached hydrogens (tertiary/aromatic N) is 1. The molecule has 2 rings (SSSR count). The lowest BCUT2D eigenvalue weighted by Crippen LogP contribution is -2.34. The first-order chi connectivity index (χ1) is 11.9. The Bertz CT molecular complexity index is 781. The molecule has 0 radical (unpaired) electrons. The van der Waals surface area contributed by atoms with Gasteiger partial charge in [0.15, 0.2) is 11.5 Å². The summed E-state index contributed by atoms with van der Waals surface area (Å²) in [7, 11) is 1.42. The van der Waals surface area contributed by atoms with Crippen molar-refractivity contribution in [2.75, 3.05) is 12.4 Å². The standard InChI is InChI=1S/C17H17BrClN3O3/c1-10(21-14-5-3-12(18)4-6-14)17(24)22-20-9-11-7-13(19)8-15(25-2)16(11)23/h3-10,21,23H,1-2H3,(H,22,24)/b20-9-/t10-/m1/s1. The molecule has 1 amide bonds. The lowest BCUT2D eigenvalue weighted by molar-refractivity contribution is -0.121. The summed E-state index contributed by atoms with van der Waals surface area (Å²) in [6.45, 7) is 1.72. The van der Waals surface area contributed by atoms with Gasteiger partial charge in [0.1, 0.15) is 6.04 Å². The second-order valence-corrected chi connectivity index (χ2v) is 6.51. The van der Waals surface area contributed by atoms with Crippen LogP contribution in [-0.2, 0) is 4.79 Å². The summed E-state index contributed by atoms with van der Waals surface area (Å²) < 4.78 is 5.97. The topological polar surface area (TPSA) is 83.0 Å². The number of benzene rings is 2. The molecule has 8 heteroatoms. The van der Waals surface area contributed by atoms with Crippen molar-refractivity contribution in [3.63, 3.8) is 0 Å². The molecule has 0 saturated heterocycles. The Hall–Kier alpha value is -2.25. The normalized spacial score (nSPS) is 12.0. The highest BCUT2D eigenvalue weighted by molar-refractivity contribution is 9.10. The number of phenolic OH excluding ortho intramolecular Hbond substituents is 1. The average Bonchev–Trinajstić information content (AvgIpc) is 2.59. The fourth-order valence-electron chi connectivity index (χ4n) is 1.97. The van der Waals surface area contributed by atoms with E-state index in [-0.39, 0.29) is 17.4 Å². The van der Waals surface area contributed by atoms with Gasteiger partial charge >= 0.3 is 0 Å². The summed E-state index contributed by atoms with van der Waals surface area (Å²) >= 11 is 9.29. The predicted molar refractivity (Wildman–Crippen MR) is 103 cm³/mol. The molecule has 2 aromatic rings. The lowest BCUT2D eigenvalue weighted by Gasteiger charge is -2.13. The molecule has 0 unspecified atom stereocenters. The SMILES string of the molecule is COc1cc(Cl)cc(/C=N\NC(=O)[C@@H](C)Nc2ccc(Br)cc2)c1O. The maximum absolute atomic E-state index is 12.1. The molecule has 0 aliphatic rings. The number of anilines is 1. The Morgan fingerprint density at radius 2 is 2.04 bits per heavy atom. The minimum absolute atomic E-state index is 0.106. The number of amides is 1. The van der Waals surface area contributed by atoms with Gasteiger partial charge in [-0.05, 0) is 37.3 Å². The minimum Gasteiger partial charge on any atom is -0.504 e. The number of methoxy groups -OCH3 is 1. The van der Waals surface area contributed by atoms with Gasteiger partial charge < -0.3 is 15.2 Å². The van der Waals surface area contributed by atoms with Crippen molar-refractivity contribution in [3.8, 4) is 11.5 Å². The number of hydrogen-bond acceptors (Lipinski definition) is 5. The third-order valence-corrected chi connectivity index (χ3v) is 4.04. The van der Waals surface area contributed by atoms with Gasteiger partial charge in [-0.1, -0.05) is 27.5 Å². The van der Waals surface area contributed by atoms with Gasteiger partial charge in [0.25, 0.3) is 5.91 Å². The summed E-state index contributed by atoms with van der Waals surface area (Å²) in [6, 6.07) is 9.96. The molecule has 25 heavy (non-hydrogen) atoms. The number of ether oxygens (including phenoxy) is 1. The van der Waals surface area contributed by atoms with Crippen LogP contribution in [0.15, 0.2) is 46.0 Å². The molecule has 0 bridgehead atoms. The van der Waals surface area contributed by atoms with E-state index in [0.717, 1.165) is 10.2 Å². The molecule has 0 spiro atoms. The van der Waals surface area contributed by atoms with E-state index < -0.39 is 6.04 Å². The van der Waals surface area contributed by atoms with Crippen molar-refractivity contribution in [1.29, 1.82) is 0 Å². The van der Waals surface area contributed by atoms with Crippen LogP contribution in [0, 0.1) is 0 Å². The van der Waals surface area contributed by atoms with Gasteiger partial charge in [0.2, 0.25) is 0 Å². The average molecular weight is 427 g/mol. The molecule has 0 aliphatic heterocycles. The van der Waals surface area contributed by atoms with Crippen LogP contribution in [0.3, 0.4) is 0 Å². The number of hydrogen-bond donors (Lipinski definition) is 3. The Kier molecular flexibility index (Phi) is 6.66. The molecule has 0 aromatic heterocycles. The third-order valence-electron chi connectivity index (χ3n) is 3.29. The van der Waals surface area contributed by atoms with Crippen molar-refractivity contribution in [3.05, 3.63) is 51.5 Å².